The molecule has 4 nitrogen and oxygen atoms in total. The molecule has 0 fully saturated rings. The van der Waals surface area contributed by atoms with Crippen molar-refractivity contribution in [3.63, 3.8) is 0 Å². The van der Waals surface area contributed by atoms with Crippen LogP contribution in [-0.4, -0.2) is 17.1 Å². The Labute approximate surface area is 198 Å². The molecular weight excluding hydrogens is 427 g/mol. The van der Waals surface area contributed by atoms with Crippen LogP contribution in [0.15, 0.2) is 97.1 Å². The van der Waals surface area contributed by atoms with Gasteiger partial charge in [0.15, 0.2) is 0 Å². The molecule has 4 aromatic rings. The first kappa shape index (κ1) is 21.9. The zero-order valence-electron chi connectivity index (χ0n) is 18.5. The number of benzene rings is 4. The SMILES string of the molecule is O=C(N[C@@H]1c2cc(CNc3ccc(F)cc3)ccc2C[C@H]1O)c1ccc(-c2ccccc2)cc1. The number of amides is 1. The minimum absolute atomic E-state index is 0.216. The van der Waals surface area contributed by atoms with E-state index in [0.29, 0.717) is 18.5 Å². The third kappa shape index (κ3) is 4.70. The highest BCUT2D eigenvalue weighted by atomic mass is 19.1. The fraction of sp³-hybridized carbons (Fsp3) is 0.138. The topological polar surface area (TPSA) is 61.4 Å². The van der Waals surface area contributed by atoms with E-state index in [1.807, 2.05) is 72.8 Å². The van der Waals surface area contributed by atoms with Crippen molar-refractivity contribution < 1.29 is 14.3 Å². The molecule has 5 rings (SSSR count). The second kappa shape index (κ2) is 9.49. The molecule has 1 amide bonds. The minimum Gasteiger partial charge on any atom is -0.390 e. The molecule has 5 heteroatoms. The quantitative estimate of drug-likeness (QED) is 0.362. The Balaban J connectivity index is 1.28. The van der Waals surface area contributed by atoms with Gasteiger partial charge in [-0.1, -0.05) is 60.7 Å². The molecule has 0 saturated carbocycles. The highest BCUT2D eigenvalue weighted by Gasteiger charge is 2.32. The number of nitrogens with one attached hydrogen (secondary N) is 2. The van der Waals surface area contributed by atoms with Gasteiger partial charge in [-0.25, -0.2) is 4.39 Å². The van der Waals surface area contributed by atoms with E-state index in [2.05, 4.69) is 10.6 Å². The zero-order chi connectivity index (χ0) is 23.5. The van der Waals surface area contributed by atoms with Gasteiger partial charge in [-0.2, -0.15) is 0 Å². The first-order valence-electron chi connectivity index (χ1n) is 11.3. The molecule has 0 spiro atoms. The zero-order valence-corrected chi connectivity index (χ0v) is 18.5. The van der Waals surface area contributed by atoms with Crippen LogP contribution < -0.4 is 10.6 Å². The number of anilines is 1. The Morgan fingerprint density at radius 3 is 2.32 bits per heavy atom. The van der Waals surface area contributed by atoms with Gasteiger partial charge >= 0.3 is 0 Å². The summed E-state index contributed by atoms with van der Waals surface area (Å²) in [5.74, 6) is -0.489. The summed E-state index contributed by atoms with van der Waals surface area (Å²) in [5.41, 5.74) is 6.49. The van der Waals surface area contributed by atoms with Crippen molar-refractivity contribution >= 4 is 11.6 Å². The van der Waals surface area contributed by atoms with E-state index in [-0.39, 0.29) is 11.7 Å². The maximum absolute atomic E-state index is 13.1. The van der Waals surface area contributed by atoms with Crippen LogP contribution in [0.4, 0.5) is 10.1 Å². The van der Waals surface area contributed by atoms with Crippen LogP contribution in [0, 0.1) is 5.82 Å². The fourth-order valence-electron chi connectivity index (χ4n) is 4.40. The third-order valence-corrected chi connectivity index (χ3v) is 6.24. The maximum atomic E-state index is 13.1. The molecule has 4 aromatic carbocycles. The molecule has 1 aliphatic rings. The van der Waals surface area contributed by atoms with Crippen LogP contribution in [0.25, 0.3) is 11.1 Å². The Bertz CT molecular complexity index is 1290. The van der Waals surface area contributed by atoms with Crippen molar-refractivity contribution in [1.82, 2.24) is 5.32 Å². The van der Waals surface area contributed by atoms with Gasteiger partial charge in [0, 0.05) is 24.2 Å². The average Bonchev–Trinajstić information content (AvgIpc) is 3.18. The summed E-state index contributed by atoms with van der Waals surface area (Å²) in [6.07, 6.45) is -0.179. The van der Waals surface area contributed by atoms with Crippen LogP contribution in [0.1, 0.15) is 33.1 Å². The van der Waals surface area contributed by atoms with Crippen molar-refractivity contribution in [3.05, 3.63) is 125 Å². The molecule has 0 bridgehead atoms. The van der Waals surface area contributed by atoms with E-state index in [9.17, 15) is 14.3 Å². The Kier molecular flexibility index (Phi) is 6.11. The van der Waals surface area contributed by atoms with Crippen molar-refractivity contribution in [2.24, 2.45) is 0 Å². The summed E-state index contributed by atoms with van der Waals surface area (Å²) in [4.78, 5) is 13.0. The lowest BCUT2D eigenvalue weighted by atomic mass is 10.0. The van der Waals surface area contributed by atoms with Crippen LogP contribution >= 0.6 is 0 Å². The van der Waals surface area contributed by atoms with E-state index >= 15 is 0 Å². The summed E-state index contributed by atoms with van der Waals surface area (Å²) < 4.78 is 13.1. The number of fused-ring (bicyclic) bond motifs is 1. The normalized spacial score (nSPS) is 16.6. The monoisotopic (exact) mass is 452 g/mol. The summed E-state index contributed by atoms with van der Waals surface area (Å²) in [7, 11) is 0. The van der Waals surface area contributed by atoms with Gasteiger partial charge in [0.25, 0.3) is 5.91 Å². The molecule has 1 aliphatic carbocycles. The average molecular weight is 453 g/mol. The third-order valence-electron chi connectivity index (χ3n) is 6.24. The van der Waals surface area contributed by atoms with Gasteiger partial charge in [-0.05, 0) is 64.2 Å². The van der Waals surface area contributed by atoms with E-state index < -0.39 is 12.1 Å². The molecule has 0 saturated heterocycles. The molecule has 34 heavy (non-hydrogen) atoms. The lowest BCUT2D eigenvalue weighted by molar-refractivity contribution is 0.0858. The smallest absolute Gasteiger partial charge is 0.251 e. The summed E-state index contributed by atoms with van der Waals surface area (Å²) in [6.45, 7) is 0.552. The number of hydrogen-bond acceptors (Lipinski definition) is 3. The number of halogens is 1. The van der Waals surface area contributed by atoms with Crippen molar-refractivity contribution in [2.45, 2.75) is 25.1 Å². The molecule has 3 N–H and O–H groups in total. The summed E-state index contributed by atoms with van der Waals surface area (Å²) in [6, 6.07) is 29.3. The summed E-state index contributed by atoms with van der Waals surface area (Å²) >= 11 is 0. The van der Waals surface area contributed by atoms with Crippen LogP contribution in [0.2, 0.25) is 0 Å². The highest BCUT2D eigenvalue weighted by molar-refractivity contribution is 5.95. The van der Waals surface area contributed by atoms with Gasteiger partial charge in [0.1, 0.15) is 5.82 Å². The first-order valence-corrected chi connectivity index (χ1v) is 11.3. The number of carbonyl (C=O) groups is 1. The minimum atomic E-state index is -0.678. The molecule has 170 valence electrons. The number of aliphatic hydroxyl groups excluding tert-OH is 1. The fourth-order valence-corrected chi connectivity index (χ4v) is 4.40. The predicted molar refractivity (Wildman–Crippen MR) is 132 cm³/mol. The van der Waals surface area contributed by atoms with Gasteiger partial charge in [-0.15, -0.1) is 0 Å². The number of hydrogen-bond donors (Lipinski definition) is 3. The number of aliphatic hydroxyl groups is 1. The number of carbonyl (C=O) groups excluding carboxylic acids is 1. The van der Waals surface area contributed by atoms with Gasteiger partial charge in [0.2, 0.25) is 0 Å². The molecule has 0 aliphatic heterocycles. The largest absolute Gasteiger partial charge is 0.390 e. The highest BCUT2D eigenvalue weighted by Crippen LogP contribution is 2.33. The second-order valence-electron chi connectivity index (χ2n) is 8.56. The Morgan fingerprint density at radius 2 is 1.59 bits per heavy atom. The molecule has 0 radical (unpaired) electrons. The van der Waals surface area contributed by atoms with Crippen LogP contribution in [0.3, 0.4) is 0 Å². The summed E-state index contributed by atoms with van der Waals surface area (Å²) in [5, 5.41) is 16.9. The van der Waals surface area contributed by atoms with E-state index in [1.54, 1.807) is 12.1 Å². The standard InChI is InChI=1S/C29H25FN2O2/c30-24-12-14-25(15-13-24)31-18-19-6-7-23-17-27(33)28(26(23)16-19)32-29(34)22-10-8-21(9-11-22)20-4-2-1-3-5-20/h1-16,27-28,31,33H,17-18H2,(H,32,34)/t27-,28-/m1/s1. The molecule has 0 heterocycles. The first-order chi connectivity index (χ1) is 16.6. The van der Waals surface area contributed by atoms with E-state index in [4.69, 9.17) is 0 Å². The van der Waals surface area contributed by atoms with Crippen LogP contribution in [-0.2, 0) is 13.0 Å². The number of rotatable bonds is 6. The predicted octanol–water partition coefficient (Wildman–Crippen LogP) is 5.49. The van der Waals surface area contributed by atoms with Crippen molar-refractivity contribution in [1.29, 1.82) is 0 Å². The van der Waals surface area contributed by atoms with Gasteiger partial charge in [-0.3, -0.25) is 4.79 Å². The lowest BCUT2D eigenvalue weighted by Gasteiger charge is -2.19. The lowest BCUT2D eigenvalue weighted by Crippen LogP contribution is -2.33. The van der Waals surface area contributed by atoms with Crippen molar-refractivity contribution in [2.75, 3.05) is 5.32 Å². The Hall–Kier alpha value is -3.96. The maximum Gasteiger partial charge on any atom is 0.251 e. The Morgan fingerprint density at radius 1 is 0.882 bits per heavy atom. The molecule has 2 atom stereocenters. The van der Waals surface area contributed by atoms with Gasteiger partial charge < -0.3 is 15.7 Å². The van der Waals surface area contributed by atoms with E-state index in [0.717, 1.165) is 33.5 Å². The van der Waals surface area contributed by atoms with Crippen molar-refractivity contribution in [3.8, 4) is 11.1 Å². The molecular formula is C29H25FN2O2. The molecule has 0 unspecified atom stereocenters. The molecule has 0 aromatic heterocycles. The van der Waals surface area contributed by atoms with E-state index in [1.165, 1.54) is 12.1 Å². The van der Waals surface area contributed by atoms with Gasteiger partial charge in [0.05, 0.1) is 12.1 Å². The second-order valence-corrected chi connectivity index (χ2v) is 8.56. The van der Waals surface area contributed by atoms with Crippen LogP contribution in [0.5, 0.6) is 0 Å².